The summed E-state index contributed by atoms with van der Waals surface area (Å²) in [5.74, 6) is 1.02. The predicted molar refractivity (Wildman–Crippen MR) is 109 cm³/mol. The van der Waals surface area contributed by atoms with Crippen LogP contribution in [0, 0.1) is 5.82 Å². The van der Waals surface area contributed by atoms with Gasteiger partial charge >= 0.3 is 0 Å². The summed E-state index contributed by atoms with van der Waals surface area (Å²) in [7, 11) is 3.11. The number of carbonyl (C=O) groups is 1. The van der Waals surface area contributed by atoms with Gasteiger partial charge in [0.2, 0.25) is 11.9 Å². The van der Waals surface area contributed by atoms with Gasteiger partial charge in [-0.25, -0.2) is 9.07 Å². The number of fused-ring (bicyclic) bond motifs is 1. The normalized spacial score (nSPS) is 15.4. The molecule has 0 saturated carbocycles. The lowest BCUT2D eigenvalue weighted by Gasteiger charge is -2.27. The van der Waals surface area contributed by atoms with Crippen LogP contribution in [0.4, 0.5) is 10.3 Å². The summed E-state index contributed by atoms with van der Waals surface area (Å²) in [5, 5.41) is 7.69. The van der Waals surface area contributed by atoms with Gasteiger partial charge in [0, 0.05) is 11.3 Å². The lowest BCUT2D eigenvalue weighted by Crippen LogP contribution is -2.31. The Morgan fingerprint density at radius 1 is 1.13 bits per heavy atom. The summed E-state index contributed by atoms with van der Waals surface area (Å²) in [4.78, 5) is 16.8. The van der Waals surface area contributed by atoms with Crippen LogP contribution in [0.15, 0.2) is 53.7 Å². The number of carbonyl (C=O) groups excluding carboxylic acids is 1. The molecule has 3 N–H and O–H groups in total. The Bertz CT molecular complexity index is 1150. The highest BCUT2D eigenvalue weighted by Gasteiger charge is 2.33. The molecule has 8 nitrogen and oxygen atoms in total. The number of methoxy groups -OCH3 is 2. The van der Waals surface area contributed by atoms with Crippen molar-refractivity contribution in [3.8, 4) is 22.9 Å². The molecule has 0 fully saturated rings. The molecule has 9 heteroatoms. The number of benzene rings is 2. The molecule has 0 saturated heterocycles. The molecule has 154 valence electrons. The van der Waals surface area contributed by atoms with Crippen molar-refractivity contribution in [3.05, 3.63) is 65.1 Å². The molecule has 0 spiro atoms. The van der Waals surface area contributed by atoms with Crippen molar-refractivity contribution in [1.29, 1.82) is 0 Å². The van der Waals surface area contributed by atoms with Gasteiger partial charge in [-0.3, -0.25) is 4.79 Å². The van der Waals surface area contributed by atoms with Gasteiger partial charge in [0.05, 0.1) is 19.8 Å². The smallest absolute Gasteiger partial charge is 0.248 e. The Balaban J connectivity index is 1.84. The number of primary amides is 1. The molecule has 1 aliphatic rings. The maximum atomic E-state index is 13.5. The number of nitrogens with zero attached hydrogens (tertiary/aromatic N) is 3. The fourth-order valence-electron chi connectivity index (χ4n) is 3.52. The van der Waals surface area contributed by atoms with Crippen molar-refractivity contribution in [2.24, 2.45) is 5.73 Å². The highest BCUT2D eigenvalue weighted by atomic mass is 19.1. The van der Waals surface area contributed by atoms with E-state index in [1.165, 1.54) is 12.1 Å². The van der Waals surface area contributed by atoms with Gasteiger partial charge in [-0.15, -0.1) is 5.10 Å². The Kier molecular flexibility index (Phi) is 4.86. The summed E-state index contributed by atoms with van der Waals surface area (Å²) in [6.45, 7) is 1.74. The SMILES string of the molecule is COc1ccc(-c2nc3n(n2)[C@@H](c2ccc(F)cc2)C(C(N)=O)=C(C)N3)cc1OC. The van der Waals surface area contributed by atoms with Crippen LogP contribution in [0.2, 0.25) is 0 Å². The van der Waals surface area contributed by atoms with Crippen molar-refractivity contribution < 1.29 is 18.7 Å². The van der Waals surface area contributed by atoms with Gasteiger partial charge < -0.3 is 20.5 Å². The first-order valence-electron chi connectivity index (χ1n) is 9.15. The summed E-state index contributed by atoms with van der Waals surface area (Å²) in [6, 6.07) is 10.6. The van der Waals surface area contributed by atoms with Crippen molar-refractivity contribution in [3.63, 3.8) is 0 Å². The minimum Gasteiger partial charge on any atom is -0.493 e. The van der Waals surface area contributed by atoms with E-state index in [2.05, 4.69) is 15.4 Å². The largest absolute Gasteiger partial charge is 0.493 e. The number of nitrogens with two attached hydrogens (primary N) is 1. The molecule has 1 atom stereocenters. The molecule has 0 unspecified atom stereocenters. The minimum atomic E-state index is -0.638. The van der Waals surface area contributed by atoms with E-state index in [0.717, 1.165) is 0 Å². The molecule has 0 bridgehead atoms. The molecule has 1 aliphatic heterocycles. The number of ether oxygens (including phenoxy) is 2. The highest BCUT2D eigenvalue weighted by Crippen LogP contribution is 2.37. The Labute approximate surface area is 172 Å². The van der Waals surface area contributed by atoms with Crippen LogP contribution in [0.25, 0.3) is 11.4 Å². The zero-order valence-corrected chi connectivity index (χ0v) is 16.6. The van der Waals surface area contributed by atoms with Gasteiger partial charge in [0.1, 0.15) is 11.9 Å². The molecular formula is C21H20FN5O3. The third-order valence-corrected chi connectivity index (χ3v) is 4.95. The maximum Gasteiger partial charge on any atom is 0.248 e. The van der Waals surface area contributed by atoms with Gasteiger partial charge in [-0.05, 0) is 42.8 Å². The second-order valence-electron chi connectivity index (χ2n) is 6.76. The molecule has 3 aromatic rings. The predicted octanol–water partition coefficient (Wildman–Crippen LogP) is 2.88. The van der Waals surface area contributed by atoms with Crippen LogP contribution in [0.1, 0.15) is 18.5 Å². The van der Waals surface area contributed by atoms with Crippen molar-refractivity contribution in [1.82, 2.24) is 14.8 Å². The van der Waals surface area contributed by atoms with Crippen LogP contribution in [0.3, 0.4) is 0 Å². The number of hydrogen-bond acceptors (Lipinski definition) is 6. The van der Waals surface area contributed by atoms with E-state index in [1.54, 1.807) is 50.1 Å². The Hall–Kier alpha value is -3.88. The highest BCUT2D eigenvalue weighted by molar-refractivity contribution is 5.95. The van der Waals surface area contributed by atoms with E-state index in [-0.39, 0.29) is 5.82 Å². The van der Waals surface area contributed by atoms with Crippen molar-refractivity contribution in [2.75, 3.05) is 19.5 Å². The van der Waals surface area contributed by atoms with Gasteiger partial charge in [-0.2, -0.15) is 4.98 Å². The number of amides is 1. The topological polar surface area (TPSA) is 104 Å². The maximum absolute atomic E-state index is 13.5. The van der Waals surface area contributed by atoms with E-state index < -0.39 is 11.9 Å². The quantitative estimate of drug-likeness (QED) is 0.672. The molecule has 1 aromatic heterocycles. The van der Waals surface area contributed by atoms with Crippen molar-refractivity contribution in [2.45, 2.75) is 13.0 Å². The number of anilines is 1. The van der Waals surface area contributed by atoms with Crippen LogP contribution in [-0.4, -0.2) is 34.9 Å². The Morgan fingerprint density at radius 2 is 1.83 bits per heavy atom. The molecule has 2 aromatic carbocycles. The summed E-state index contributed by atoms with van der Waals surface area (Å²) >= 11 is 0. The second kappa shape index (κ2) is 7.51. The summed E-state index contributed by atoms with van der Waals surface area (Å²) < 4.78 is 25.7. The average molecular weight is 409 g/mol. The first-order valence-corrected chi connectivity index (χ1v) is 9.15. The van der Waals surface area contributed by atoms with E-state index in [0.29, 0.717) is 45.7 Å². The first kappa shape index (κ1) is 19.4. The van der Waals surface area contributed by atoms with E-state index >= 15 is 0 Å². The molecule has 2 heterocycles. The zero-order valence-electron chi connectivity index (χ0n) is 16.6. The fraction of sp³-hybridized carbons (Fsp3) is 0.190. The van der Waals surface area contributed by atoms with E-state index in [4.69, 9.17) is 15.2 Å². The number of allylic oxidation sites excluding steroid dienone is 1. The van der Waals surface area contributed by atoms with E-state index in [9.17, 15) is 9.18 Å². The summed E-state index contributed by atoms with van der Waals surface area (Å²) in [5.41, 5.74) is 7.92. The molecular weight excluding hydrogens is 389 g/mol. The third-order valence-electron chi connectivity index (χ3n) is 4.95. The lowest BCUT2D eigenvalue weighted by molar-refractivity contribution is -0.115. The van der Waals surface area contributed by atoms with Crippen LogP contribution in [0.5, 0.6) is 11.5 Å². The molecule has 0 aliphatic carbocycles. The number of halogens is 1. The van der Waals surface area contributed by atoms with Crippen LogP contribution < -0.4 is 20.5 Å². The van der Waals surface area contributed by atoms with Crippen molar-refractivity contribution >= 4 is 11.9 Å². The van der Waals surface area contributed by atoms with Crippen LogP contribution >= 0.6 is 0 Å². The van der Waals surface area contributed by atoms with Gasteiger partial charge in [0.25, 0.3) is 0 Å². The van der Waals surface area contributed by atoms with Gasteiger partial charge in [-0.1, -0.05) is 12.1 Å². The number of hydrogen-bond donors (Lipinski definition) is 2. The summed E-state index contributed by atoms with van der Waals surface area (Å²) in [6.07, 6.45) is 0. The van der Waals surface area contributed by atoms with Gasteiger partial charge in [0.15, 0.2) is 17.3 Å². The average Bonchev–Trinajstić information content (AvgIpc) is 3.16. The molecule has 1 amide bonds. The second-order valence-corrected chi connectivity index (χ2v) is 6.76. The number of aromatic nitrogens is 3. The fourth-order valence-corrected chi connectivity index (χ4v) is 3.52. The number of nitrogens with one attached hydrogen (secondary N) is 1. The van der Waals surface area contributed by atoms with E-state index in [1.807, 2.05) is 6.07 Å². The standard InChI is InChI=1S/C21H20FN5O3/c1-11-17(19(23)28)18(12-4-7-14(22)8-5-12)27-21(24-11)25-20(26-27)13-6-9-15(29-2)16(10-13)30-3/h4-10,18H,1-3H3,(H2,23,28)(H,24,25,26)/t18-/m0/s1. The van der Waals surface area contributed by atoms with Crippen LogP contribution in [-0.2, 0) is 4.79 Å². The third kappa shape index (κ3) is 3.24. The minimum absolute atomic E-state index is 0.331. The number of rotatable bonds is 5. The Morgan fingerprint density at radius 3 is 2.47 bits per heavy atom. The lowest BCUT2D eigenvalue weighted by atomic mass is 9.95. The zero-order chi connectivity index (χ0) is 21.4. The monoisotopic (exact) mass is 409 g/mol. The molecule has 30 heavy (non-hydrogen) atoms. The molecule has 0 radical (unpaired) electrons. The first-order chi connectivity index (χ1) is 14.4. The molecule has 4 rings (SSSR count).